The van der Waals surface area contributed by atoms with Gasteiger partial charge >= 0.3 is 0 Å². The Kier molecular flexibility index (Phi) is 9.36. The summed E-state index contributed by atoms with van der Waals surface area (Å²) in [5.41, 5.74) is 18.9. The van der Waals surface area contributed by atoms with Crippen LogP contribution in [0.3, 0.4) is 0 Å². The van der Waals surface area contributed by atoms with Crippen molar-refractivity contribution in [3.05, 3.63) is 277 Å². The maximum Gasteiger partial charge on any atom is 0.160 e. The average Bonchev–Trinajstić information content (AvgIpc) is 3.97. The maximum absolute atomic E-state index is 5.55. The second kappa shape index (κ2) is 16.2. The van der Waals surface area contributed by atoms with Gasteiger partial charge in [-0.15, -0.1) is 0 Å². The summed E-state index contributed by atoms with van der Waals surface area (Å²) in [6, 6.07) is 91.0. The molecule has 0 unspecified atom stereocenters. The van der Waals surface area contributed by atoms with Gasteiger partial charge in [0.05, 0.1) is 28.0 Å². The third-order valence-corrected chi connectivity index (χ3v) is 13.7. The zero-order chi connectivity index (χ0) is 45.0. The fraction of sp³-hybridized carbons (Fsp3) is 0.0156. The van der Waals surface area contributed by atoms with Gasteiger partial charge in [-0.1, -0.05) is 231 Å². The number of aromatic nitrogens is 4. The van der Waals surface area contributed by atoms with Crippen molar-refractivity contribution in [2.75, 3.05) is 0 Å². The molecule has 9 aromatic carbocycles. The van der Waals surface area contributed by atoms with Gasteiger partial charge in [0.1, 0.15) is 5.69 Å². The Morgan fingerprint density at radius 3 is 1.57 bits per heavy atom. The second-order valence-corrected chi connectivity index (χ2v) is 17.5. The van der Waals surface area contributed by atoms with Crippen molar-refractivity contribution in [3.8, 4) is 78.7 Å². The second-order valence-electron chi connectivity index (χ2n) is 17.5. The van der Waals surface area contributed by atoms with Crippen LogP contribution in [0, 0.1) is 0 Å². The fourth-order valence-electron chi connectivity index (χ4n) is 10.7. The standard InChI is InChI=1S/C64H42N4/c1-6-21-43(22-7-1)59-41-46-27-16-17-34-52(46)62-60(44-23-8-2-9-24-44)61(67-68(59)62)49-29-20-28-47(39-49)57-42-58(66-63(65-57)45-25-10-3-11-26-45)48-37-38-54-53-35-18-19-36-55(53)64(56(54)40-48,50-30-12-4-13-31-50)51-32-14-5-15-33-51/h1-42H. The molecule has 0 spiro atoms. The first kappa shape index (κ1) is 39.4. The highest BCUT2D eigenvalue weighted by atomic mass is 15.2. The van der Waals surface area contributed by atoms with Crippen molar-refractivity contribution in [1.82, 2.24) is 19.6 Å². The third kappa shape index (κ3) is 6.34. The van der Waals surface area contributed by atoms with E-state index in [0.717, 1.165) is 72.6 Å². The highest BCUT2D eigenvalue weighted by Gasteiger charge is 2.46. The monoisotopic (exact) mass is 866 g/mol. The molecule has 68 heavy (non-hydrogen) atoms. The molecule has 0 radical (unpaired) electrons. The van der Waals surface area contributed by atoms with Crippen LogP contribution in [0.4, 0.5) is 0 Å². The van der Waals surface area contributed by atoms with Gasteiger partial charge in [0.15, 0.2) is 5.82 Å². The first-order valence-electron chi connectivity index (χ1n) is 23.2. The van der Waals surface area contributed by atoms with Gasteiger partial charge in [-0.2, -0.15) is 5.10 Å². The van der Waals surface area contributed by atoms with Gasteiger partial charge < -0.3 is 0 Å². The summed E-state index contributed by atoms with van der Waals surface area (Å²) in [7, 11) is 0. The summed E-state index contributed by atoms with van der Waals surface area (Å²) in [4.78, 5) is 10.7. The number of hydrogen-bond acceptors (Lipinski definition) is 3. The number of hydrogen-bond donors (Lipinski definition) is 0. The molecular formula is C64H42N4. The number of rotatable bonds is 8. The molecule has 1 aliphatic carbocycles. The predicted octanol–water partition coefficient (Wildman–Crippen LogP) is 15.6. The fourth-order valence-corrected chi connectivity index (χ4v) is 10.7. The van der Waals surface area contributed by atoms with Gasteiger partial charge in [-0.3, -0.25) is 0 Å². The minimum Gasteiger partial charge on any atom is -0.231 e. The first-order valence-corrected chi connectivity index (χ1v) is 23.2. The number of benzene rings is 9. The molecule has 0 bridgehead atoms. The van der Waals surface area contributed by atoms with E-state index >= 15 is 0 Å². The molecule has 0 fully saturated rings. The Bertz CT molecular complexity index is 3790. The lowest BCUT2D eigenvalue weighted by atomic mass is 9.67. The minimum absolute atomic E-state index is 0.535. The Morgan fingerprint density at radius 2 is 0.882 bits per heavy atom. The molecule has 0 atom stereocenters. The summed E-state index contributed by atoms with van der Waals surface area (Å²) in [5, 5.41) is 7.86. The van der Waals surface area contributed by atoms with Crippen molar-refractivity contribution in [2.24, 2.45) is 0 Å². The van der Waals surface area contributed by atoms with Gasteiger partial charge in [0.2, 0.25) is 0 Å². The van der Waals surface area contributed by atoms with Crippen LogP contribution >= 0.6 is 0 Å². The number of nitrogens with zero attached hydrogens (tertiary/aromatic N) is 4. The number of fused-ring (bicyclic) bond motifs is 6. The van der Waals surface area contributed by atoms with Gasteiger partial charge in [0.25, 0.3) is 0 Å². The van der Waals surface area contributed by atoms with Crippen LogP contribution in [-0.2, 0) is 5.41 Å². The summed E-state index contributed by atoms with van der Waals surface area (Å²) < 4.78 is 2.15. The Hall–Kier alpha value is -8.99. The topological polar surface area (TPSA) is 43.1 Å². The average molecular weight is 867 g/mol. The third-order valence-electron chi connectivity index (χ3n) is 13.7. The van der Waals surface area contributed by atoms with Crippen molar-refractivity contribution in [3.63, 3.8) is 0 Å². The van der Waals surface area contributed by atoms with Crippen LogP contribution in [0.1, 0.15) is 22.3 Å². The van der Waals surface area contributed by atoms with Crippen molar-refractivity contribution < 1.29 is 0 Å². The molecule has 0 N–H and O–H groups in total. The molecule has 0 saturated carbocycles. The molecule has 318 valence electrons. The van der Waals surface area contributed by atoms with E-state index in [9.17, 15) is 0 Å². The molecule has 12 aromatic rings. The highest BCUT2D eigenvalue weighted by molar-refractivity contribution is 6.08. The van der Waals surface area contributed by atoms with Crippen LogP contribution in [0.5, 0.6) is 0 Å². The summed E-state index contributed by atoms with van der Waals surface area (Å²) in [6.07, 6.45) is 0. The van der Waals surface area contributed by atoms with E-state index < -0.39 is 5.41 Å². The van der Waals surface area contributed by atoms with Crippen molar-refractivity contribution in [2.45, 2.75) is 5.41 Å². The maximum atomic E-state index is 5.55. The van der Waals surface area contributed by atoms with E-state index in [4.69, 9.17) is 15.1 Å². The first-order chi connectivity index (χ1) is 33.7. The molecule has 13 rings (SSSR count). The number of pyridine rings is 1. The lowest BCUT2D eigenvalue weighted by molar-refractivity contribution is 0.768. The Morgan fingerprint density at radius 1 is 0.353 bits per heavy atom. The van der Waals surface area contributed by atoms with E-state index in [0.29, 0.717) is 5.82 Å². The van der Waals surface area contributed by atoms with E-state index in [1.165, 1.54) is 38.8 Å². The predicted molar refractivity (Wildman–Crippen MR) is 278 cm³/mol. The van der Waals surface area contributed by atoms with Crippen LogP contribution in [-0.4, -0.2) is 19.6 Å². The van der Waals surface area contributed by atoms with Crippen molar-refractivity contribution in [1.29, 1.82) is 0 Å². The molecular weight excluding hydrogens is 825 g/mol. The molecule has 3 heterocycles. The van der Waals surface area contributed by atoms with E-state index in [1.54, 1.807) is 0 Å². The highest BCUT2D eigenvalue weighted by Crippen LogP contribution is 2.56. The lowest BCUT2D eigenvalue weighted by Crippen LogP contribution is -2.28. The van der Waals surface area contributed by atoms with E-state index in [-0.39, 0.29) is 0 Å². The van der Waals surface area contributed by atoms with Gasteiger partial charge in [0, 0.05) is 38.8 Å². The summed E-state index contributed by atoms with van der Waals surface area (Å²) in [5.74, 6) is 0.668. The molecule has 1 aliphatic rings. The van der Waals surface area contributed by atoms with Crippen LogP contribution in [0.15, 0.2) is 255 Å². The largest absolute Gasteiger partial charge is 0.231 e. The van der Waals surface area contributed by atoms with Gasteiger partial charge in [-0.25, -0.2) is 14.5 Å². The smallest absolute Gasteiger partial charge is 0.160 e. The van der Waals surface area contributed by atoms with E-state index in [2.05, 4.69) is 241 Å². The normalized spacial score (nSPS) is 12.5. The molecule has 3 aromatic heterocycles. The Labute approximate surface area is 395 Å². The van der Waals surface area contributed by atoms with Crippen LogP contribution < -0.4 is 0 Å². The minimum atomic E-state index is -0.535. The zero-order valence-electron chi connectivity index (χ0n) is 37.0. The molecule has 0 saturated heterocycles. The molecule has 0 aliphatic heterocycles. The van der Waals surface area contributed by atoms with Crippen LogP contribution in [0.25, 0.3) is 95.0 Å². The van der Waals surface area contributed by atoms with E-state index in [1.807, 2.05) is 18.2 Å². The van der Waals surface area contributed by atoms with Crippen molar-refractivity contribution >= 4 is 16.3 Å². The zero-order valence-corrected chi connectivity index (χ0v) is 37.0. The van der Waals surface area contributed by atoms with Crippen LogP contribution in [0.2, 0.25) is 0 Å². The Balaban J connectivity index is 1.02. The molecule has 0 amide bonds. The molecule has 4 heteroatoms. The summed E-state index contributed by atoms with van der Waals surface area (Å²) in [6.45, 7) is 0. The summed E-state index contributed by atoms with van der Waals surface area (Å²) >= 11 is 0. The quantitative estimate of drug-likeness (QED) is 0.153. The SMILES string of the molecule is c1ccc(-c2nc(-c3cccc(-c4nn5c(-c6ccccc6)cc6ccccc6c5c4-c4ccccc4)c3)cc(-c3ccc4c(c3)C(c3ccccc3)(c3ccccc3)c3ccccc3-4)n2)cc1. The van der Waals surface area contributed by atoms with Gasteiger partial charge in [-0.05, 0) is 68.6 Å². The molecule has 4 nitrogen and oxygen atoms in total. The lowest BCUT2D eigenvalue weighted by Gasteiger charge is -2.34.